The number of amides is 1. The number of benzene rings is 1. The lowest BCUT2D eigenvalue weighted by Gasteiger charge is -2.20. The van der Waals surface area contributed by atoms with Gasteiger partial charge < -0.3 is 10.6 Å². The van der Waals surface area contributed by atoms with Crippen molar-refractivity contribution in [1.29, 1.82) is 0 Å². The van der Waals surface area contributed by atoms with E-state index in [1.54, 1.807) is 24.8 Å². The van der Waals surface area contributed by atoms with Crippen molar-refractivity contribution in [1.82, 2.24) is 20.6 Å². The lowest BCUT2D eigenvalue weighted by molar-refractivity contribution is -0.123. The number of carbonyl (C=O) groups excluding carboxylic acids is 1. The summed E-state index contributed by atoms with van der Waals surface area (Å²) in [6.07, 6.45) is 8.76. The first-order valence-electron chi connectivity index (χ1n) is 10.5. The second-order valence-corrected chi connectivity index (χ2v) is 7.71. The molecule has 5 heteroatoms. The Kier molecular flexibility index (Phi) is 8.10. The fraction of sp³-hybridized carbons (Fsp3) is 0.320. The molecule has 2 aromatic heterocycles. The summed E-state index contributed by atoms with van der Waals surface area (Å²) in [6.45, 7) is 5.64. The van der Waals surface area contributed by atoms with Crippen LogP contribution in [0.1, 0.15) is 48.1 Å². The Bertz CT molecular complexity index is 895. The number of nitrogens with one attached hydrogen (secondary N) is 2. The molecule has 2 heterocycles. The van der Waals surface area contributed by atoms with Gasteiger partial charge in [0.15, 0.2) is 0 Å². The number of pyridine rings is 2. The van der Waals surface area contributed by atoms with Gasteiger partial charge in [-0.05, 0) is 65.3 Å². The maximum atomic E-state index is 13.0. The van der Waals surface area contributed by atoms with E-state index in [1.165, 1.54) is 11.1 Å². The van der Waals surface area contributed by atoms with Crippen molar-refractivity contribution in [3.05, 3.63) is 95.6 Å². The van der Waals surface area contributed by atoms with E-state index in [4.69, 9.17) is 0 Å². The van der Waals surface area contributed by atoms with E-state index in [1.807, 2.05) is 24.3 Å². The van der Waals surface area contributed by atoms with Gasteiger partial charge in [-0.15, -0.1) is 0 Å². The molecule has 1 amide bonds. The number of nitrogens with zero attached hydrogens (tertiary/aromatic N) is 2. The minimum absolute atomic E-state index is 0.00363. The van der Waals surface area contributed by atoms with Crippen LogP contribution in [-0.2, 0) is 17.6 Å². The summed E-state index contributed by atoms with van der Waals surface area (Å²) in [6, 6.07) is 15.9. The van der Waals surface area contributed by atoms with Gasteiger partial charge in [0.1, 0.15) is 6.04 Å². The summed E-state index contributed by atoms with van der Waals surface area (Å²) >= 11 is 0. The fourth-order valence-corrected chi connectivity index (χ4v) is 3.33. The maximum absolute atomic E-state index is 13.0. The van der Waals surface area contributed by atoms with E-state index >= 15 is 0 Å². The quantitative estimate of drug-likeness (QED) is 0.541. The van der Waals surface area contributed by atoms with Gasteiger partial charge in [-0.3, -0.25) is 14.8 Å². The van der Waals surface area contributed by atoms with Gasteiger partial charge in [-0.2, -0.15) is 0 Å². The van der Waals surface area contributed by atoms with Crippen LogP contribution in [0.4, 0.5) is 0 Å². The molecule has 0 spiro atoms. The Labute approximate surface area is 179 Å². The monoisotopic (exact) mass is 402 g/mol. The van der Waals surface area contributed by atoms with Crippen molar-refractivity contribution in [3.8, 4) is 0 Å². The number of hydrogen-bond donors (Lipinski definition) is 2. The van der Waals surface area contributed by atoms with Crippen LogP contribution < -0.4 is 10.6 Å². The second kappa shape index (κ2) is 11.2. The fourth-order valence-electron chi connectivity index (χ4n) is 3.33. The highest BCUT2D eigenvalue weighted by Gasteiger charge is 2.20. The Balaban J connectivity index is 1.63. The van der Waals surface area contributed by atoms with E-state index in [0.29, 0.717) is 19.0 Å². The van der Waals surface area contributed by atoms with Gasteiger partial charge in [0.25, 0.3) is 0 Å². The molecule has 1 unspecified atom stereocenters. The standard InChI is InChI=1S/C25H30N4O/c1-19(2)22-3-5-23(6-4-22)24(28-17-11-20-7-13-26-14-8-20)25(30)29-18-12-21-9-15-27-16-10-21/h3-10,13-16,19,24,28H,11-12,17-18H2,1-2H3,(H,29,30). The molecule has 3 aromatic rings. The highest BCUT2D eigenvalue weighted by atomic mass is 16.2. The third-order valence-electron chi connectivity index (χ3n) is 5.17. The van der Waals surface area contributed by atoms with Crippen molar-refractivity contribution in [2.24, 2.45) is 0 Å². The molecule has 2 N–H and O–H groups in total. The third-order valence-corrected chi connectivity index (χ3v) is 5.17. The Morgan fingerprint density at radius 3 is 1.80 bits per heavy atom. The van der Waals surface area contributed by atoms with Crippen molar-refractivity contribution in [2.75, 3.05) is 13.1 Å². The minimum atomic E-state index is -0.384. The van der Waals surface area contributed by atoms with Crippen LogP contribution >= 0.6 is 0 Å². The second-order valence-electron chi connectivity index (χ2n) is 7.71. The number of rotatable bonds is 10. The van der Waals surface area contributed by atoms with E-state index in [-0.39, 0.29) is 11.9 Å². The normalized spacial score (nSPS) is 12.0. The number of aromatic nitrogens is 2. The topological polar surface area (TPSA) is 66.9 Å². The minimum Gasteiger partial charge on any atom is -0.354 e. The Morgan fingerprint density at radius 1 is 0.767 bits per heavy atom. The summed E-state index contributed by atoms with van der Waals surface area (Å²) in [5, 5.41) is 6.52. The van der Waals surface area contributed by atoms with Gasteiger partial charge in [0.2, 0.25) is 5.91 Å². The first-order valence-corrected chi connectivity index (χ1v) is 10.5. The molecule has 0 saturated carbocycles. The Morgan fingerprint density at radius 2 is 1.27 bits per heavy atom. The maximum Gasteiger partial charge on any atom is 0.241 e. The number of carbonyl (C=O) groups is 1. The lowest BCUT2D eigenvalue weighted by atomic mass is 9.98. The zero-order chi connectivity index (χ0) is 21.2. The van der Waals surface area contributed by atoms with E-state index in [0.717, 1.165) is 24.0 Å². The molecule has 1 aromatic carbocycles. The van der Waals surface area contributed by atoms with Crippen LogP contribution in [-0.4, -0.2) is 29.0 Å². The van der Waals surface area contributed by atoms with Crippen molar-refractivity contribution in [2.45, 2.75) is 38.6 Å². The molecule has 30 heavy (non-hydrogen) atoms. The van der Waals surface area contributed by atoms with Gasteiger partial charge in [0, 0.05) is 37.9 Å². The molecular weight excluding hydrogens is 372 g/mol. The Hall–Kier alpha value is -3.05. The molecule has 0 saturated heterocycles. The first-order chi connectivity index (χ1) is 14.6. The van der Waals surface area contributed by atoms with Crippen LogP contribution in [0.25, 0.3) is 0 Å². The molecule has 0 radical (unpaired) electrons. The highest BCUT2D eigenvalue weighted by molar-refractivity contribution is 5.83. The van der Waals surface area contributed by atoms with Gasteiger partial charge in [0.05, 0.1) is 0 Å². The molecule has 1 atom stereocenters. The van der Waals surface area contributed by atoms with Crippen molar-refractivity contribution >= 4 is 5.91 Å². The molecule has 0 bridgehead atoms. The average molecular weight is 403 g/mol. The summed E-state index contributed by atoms with van der Waals surface area (Å²) in [4.78, 5) is 21.1. The molecule has 3 rings (SSSR count). The van der Waals surface area contributed by atoms with E-state index in [2.05, 4.69) is 58.7 Å². The summed E-state index contributed by atoms with van der Waals surface area (Å²) in [5.74, 6) is 0.461. The summed E-state index contributed by atoms with van der Waals surface area (Å²) in [7, 11) is 0. The molecular formula is C25H30N4O. The van der Waals surface area contributed by atoms with Crippen LogP contribution in [0.5, 0.6) is 0 Å². The van der Waals surface area contributed by atoms with Crippen LogP contribution in [0.2, 0.25) is 0 Å². The number of hydrogen-bond acceptors (Lipinski definition) is 4. The summed E-state index contributed by atoms with van der Waals surface area (Å²) in [5.41, 5.74) is 4.61. The molecule has 0 fully saturated rings. The molecule has 5 nitrogen and oxygen atoms in total. The largest absolute Gasteiger partial charge is 0.354 e. The van der Waals surface area contributed by atoms with Gasteiger partial charge >= 0.3 is 0 Å². The molecule has 156 valence electrons. The zero-order valence-corrected chi connectivity index (χ0v) is 17.7. The van der Waals surface area contributed by atoms with Crippen LogP contribution in [0.3, 0.4) is 0 Å². The van der Waals surface area contributed by atoms with Crippen LogP contribution in [0.15, 0.2) is 73.3 Å². The van der Waals surface area contributed by atoms with Crippen molar-refractivity contribution < 1.29 is 4.79 Å². The van der Waals surface area contributed by atoms with E-state index in [9.17, 15) is 4.79 Å². The predicted octanol–water partition coefficient (Wildman–Crippen LogP) is 3.83. The third kappa shape index (κ3) is 6.49. The lowest BCUT2D eigenvalue weighted by Crippen LogP contribution is -2.39. The summed E-state index contributed by atoms with van der Waals surface area (Å²) < 4.78 is 0. The van der Waals surface area contributed by atoms with Crippen LogP contribution in [0, 0.1) is 0 Å². The van der Waals surface area contributed by atoms with Gasteiger partial charge in [-0.25, -0.2) is 0 Å². The SMILES string of the molecule is CC(C)c1ccc(C(NCCc2ccncc2)C(=O)NCCc2ccncc2)cc1. The van der Waals surface area contributed by atoms with Gasteiger partial charge in [-0.1, -0.05) is 38.1 Å². The first kappa shape index (κ1) is 21.7. The van der Waals surface area contributed by atoms with Crippen molar-refractivity contribution in [3.63, 3.8) is 0 Å². The highest BCUT2D eigenvalue weighted by Crippen LogP contribution is 2.19. The molecule has 0 aliphatic rings. The van der Waals surface area contributed by atoms with E-state index < -0.39 is 0 Å². The zero-order valence-electron chi connectivity index (χ0n) is 17.7. The molecule has 0 aliphatic carbocycles. The molecule has 0 aliphatic heterocycles. The predicted molar refractivity (Wildman–Crippen MR) is 120 cm³/mol. The average Bonchev–Trinajstić information content (AvgIpc) is 2.78. The smallest absolute Gasteiger partial charge is 0.241 e.